The summed E-state index contributed by atoms with van der Waals surface area (Å²) >= 11 is 1.72. The molecule has 1 heterocycles. The van der Waals surface area contributed by atoms with E-state index in [2.05, 4.69) is 20.6 Å². The molecule has 130 valence electrons. The molecule has 1 aromatic heterocycles. The van der Waals surface area contributed by atoms with Gasteiger partial charge in [0.15, 0.2) is 5.96 Å². The van der Waals surface area contributed by atoms with E-state index in [0.29, 0.717) is 11.3 Å². The third-order valence-electron chi connectivity index (χ3n) is 4.26. The number of hydrogen-bond donors (Lipinski definition) is 2. The topological polar surface area (TPSA) is 66.4 Å². The molecule has 1 aliphatic rings. The zero-order valence-electron chi connectivity index (χ0n) is 14.5. The molecule has 0 bridgehead atoms. The lowest BCUT2D eigenvalue weighted by molar-refractivity contribution is 0.413. The number of aryl methyl sites for hydroxylation is 2. The molecule has 0 saturated heterocycles. The van der Waals surface area contributed by atoms with Gasteiger partial charge in [-0.3, -0.25) is 9.20 Å². The Morgan fingerprint density at radius 3 is 2.83 bits per heavy atom. The second-order valence-corrected chi connectivity index (χ2v) is 9.26. The van der Waals surface area contributed by atoms with Crippen LogP contribution in [-0.2, 0) is 17.3 Å². The Hall–Kier alpha value is -0.950. The first-order valence-electron chi connectivity index (χ1n) is 8.30. The Labute approximate surface area is 145 Å². The number of guanidine groups is 1. The normalized spacial score (nSPS) is 23.6. The van der Waals surface area contributed by atoms with Gasteiger partial charge in [-0.2, -0.15) is 0 Å². The van der Waals surface area contributed by atoms with E-state index < -0.39 is 10.8 Å². The Balaban J connectivity index is 1.87. The average molecular weight is 357 g/mol. The average Bonchev–Trinajstić information content (AvgIpc) is 2.88. The minimum Gasteiger partial charge on any atom is -0.354 e. The van der Waals surface area contributed by atoms with Crippen molar-refractivity contribution in [2.75, 3.05) is 12.8 Å². The maximum atomic E-state index is 12.1. The third kappa shape index (κ3) is 5.28. The van der Waals surface area contributed by atoms with Gasteiger partial charge in [-0.15, -0.1) is 11.3 Å². The smallest absolute Gasteiger partial charge is 0.191 e. The Kier molecular flexibility index (Phi) is 7.02. The highest BCUT2D eigenvalue weighted by atomic mass is 32.2. The highest BCUT2D eigenvalue weighted by Crippen LogP contribution is 2.23. The van der Waals surface area contributed by atoms with Crippen LogP contribution in [0.2, 0.25) is 0 Å². The van der Waals surface area contributed by atoms with E-state index in [9.17, 15) is 4.21 Å². The Bertz CT molecular complexity index is 570. The van der Waals surface area contributed by atoms with Crippen LogP contribution in [0, 0.1) is 13.8 Å². The summed E-state index contributed by atoms with van der Waals surface area (Å²) in [5.74, 6) is 1.58. The number of aromatic nitrogens is 1. The van der Waals surface area contributed by atoms with Crippen molar-refractivity contribution in [1.29, 1.82) is 0 Å². The molecule has 1 aliphatic carbocycles. The number of aliphatic imine (C=N–C) groups is 1. The molecule has 1 fully saturated rings. The molecule has 0 aromatic carbocycles. The Morgan fingerprint density at radius 2 is 2.22 bits per heavy atom. The molecule has 1 aromatic rings. The van der Waals surface area contributed by atoms with E-state index in [1.54, 1.807) is 18.4 Å². The van der Waals surface area contributed by atoms with Crippen molar-refractivity contribution in [3.8, 4) is 0 Å². The van der Waals surface area contributed by atoms with Crippen LogP contribution in [0.5, 0.6) is 0 Å². The van der Waals surface area contributed by atoms with Gasteiger partial charge in [0.2, 0.25) is 0 Å². The molecule has 7 heteroatoms. The number of nitrogens with zero attached hydrogens (tertiary/aromatic N) is 2. The molecule has 3 atom stereocenters. The Morgan fingerprint density at radius 1 is 1.43 bits per heavy atom. The van der Waals surface area contributed by atoms with Crippen molar-refractivity contribution in [2.24, 2.45) is 4.99 Å². The molecule has 23 heavy (non-hydrogen) atoms. The van der Waals surface area contributed by atoms with Crippen LogP contribution in [-0.4, -0.2) is 39.2 Å². The number of hydrogen-bond acceptors (Lipinski definition) is 4. The van der Waals surface area contributed by atoms with Gasteiger partial charge in [0.1, 0.15) is 0 Å². The van der Waals surface area contributed by atoms with Crippen LogP contribution < -0.4 is 10.6 Å². The second-order valence-electron chi connectivity index (χ2n) is 5.97. The number of thiazole rings is 1. The fraction of sp³-hybridized carbons (Fsp3) is 0.750. The summed E-state index contributed by atoms with van der Waals surface area (Å²) in [5.41, 5.74) is 1.09. The predicted octanol–water partition coefficient (Wildman–Crippen LogP) is 2.50. The molecule has 2 rings (SSSR count). The van der Waals surface area contributed by atoms with Gasteiger partial charge in [-0.1, -0.05) is 13.3 Å². The standard InChI is InChI=1S/C16H28N4OS2/c1-5-23(21)14-8-6-7-13(9-14)20-16(17-4)18-10-15-11(2)19-12(3)22-15/h13-14H,5-10H2,1-4H3,(H2,17,18,20). The van der Waals surface area contributed by atoms with Gasteiger partial charge in [0.25, 0.3) is 0 Å². The minimum atomic E-state index is -0.692. The number of nitrogens with one attached hydrogen (secondary N) is 2. The van der Waals surface area contributed by atoms with E-state index in [-0.39, 0.29) is 0 Å². The largest absolute Gasteiger partial charge is 0.354 e. The van der Waals surface area contributed by atoms with Crippen LogP contribution in [0.3, 0.4) is 0 Å². The zero-order valence-corrected chi connectivity index (χ0v) is 16.1. The van der Waals surface area contributed by atoms with Gasteiger partial charge in [0.05, 0.1) is 17.2 Å². The van der Waals surface area contributed by atoms with Crippen molar-refractivity contribution in [2.45, 2.75) is 64.3 Å². The van der Waals surface area contributed by atoms with Crippen molar-refractivity contribution < 1.29 is 4.21 Å². The lowest BCUT2D eigenvalue weighted by atomic mass is 9.95. The van der Waals surface area contributed by atoms with Crippen molar-refractivity contribution >= 4 is 28.1 Å². The molecule has 2 N–H and O–H groups in total. The van der Waals surface area contributed by atoms with Crippen molar-refractivity contribution in [3.63, 3.8) is 0 Å². The molecule has 3 unspecified atom stereocenters. The summed E-state index contributed by atoms with van der Waals surface area (Å²) in [6, 6.07) is 0.361. The molecule has 0 spiro atoms. The van der Waals surface area contributed by atoms with E-state index >= 15 is 0 Å². The van der Waals surface area contributed by atoms with Gasteiger partial charge in [-0.25, -0.2) is 4.98 Å². The van der Waals surface area contributed by atoms with Crippen LogP contribution in [0.15, 0.2) is 4.99 Å². The zero-order chi connectivity index (χ0) is 16.8. The first kappa shape index (κ1) is 18.4. The quantitative estimate of drug-likeness (QED) is 0.628. The fourth-order valence-corrected chi connectivity index (χ4v) is 5.26. The summed E-state index contributed by atoms with van der Waals surface area (Å²) in [5, 5.41) is 8.30. The summed E-state index contributed by atoms with van der Waals surface area (Å²) in [4.78, 5) is 10.0. The molecule has 0 amide bonds. The highest BCUT2D eigenvalue weighted by Gasteiger charge is 2.26. The van der Waals surface area contributed by atoms with Crippen molar-refractivity contribution in [1.82, 2.24) is 15.6 Å². The highest BCUT2D eigenvalue weighted by molar-refractivity contribution is 7.85. The third-order valence-corrected chi connectivity index (χ3v) is 7.08. The molecular formula is C16H28N4OS2. The molecular weight excluding hydrogens is 328 g/mol. The maximum absolute atomic E-state index is 12.1. The summed E-state index contributed by atoms with van der Waals surface area (Å²) in [6.45, 7) is 6.83. The summed E-state index contributed by atoms with van der Waals surface area (Å²) < 4.78 is 12.1. The molecule has 5 nitrogen and oxygen atoms in total. The van der Waals surface area contributed by atoms with Gasteiger partial charge in [0, 0.05) is 39.8 Å². The first-order chi connectivity index (χ1) is 11.0. The van der Waals surface area contributed by atoms with Gasteiger partial charge < -0.3 is 10.6 Å². The van der Waals surface area contributed by atoms with Crippen LogP contribution in [0.25, 0.3) is 0 Å². The van der Waals surface area contributed by atoms with Crippen LogP contribution in [0.4, 0.5) is 0 Å². The number of rotatable bonds is 5. The molecule has 0 radical (unpaired) electrons. The first-order valence-corrected chi connectivity index (χ1v) is 10.5. The predicted molar refractivity (Wildman–Crippen MR) is 99.6 cm³/mol. The van der Waals surface area contributed by atoms with E-state index in [4.69, 9.17) is 0 Å². The SMILES string of the molecule is CCS(=O)C1CCCC(NC(=NC)NCc2sc(C)nc2C)C1. The van der Waals surface area contributed by atoms with Crippen molar-refractivity contribution in [3.05, 3.63) is 15.6 Å². The molecule has 0 aliphatic heterocycles. The van der Waals surface area contributed by atoms with Gasteiger partial charge >= 0.3 is 0 Å². The van der Waals surface area contributed by atoms with E-state index in [1.165, 1.54) is 4.88 Å². The second kappa shape index (κ2) is 8.78. The van der Waals surface area contributed by atoms with E-state index in [0.717, 1.165) is 54.6 Å². The monoisotopic (exact) mass is 356 g/mol. The maximum Gasteiger partial charge on any atom is 0.191 e. The summed E-state index contributed by atoms with van der Waals surface area (Å²) in [7, 11) is 1.10. The van der Waals surface area contributed by atoms with Crippen LogP contribution >= 0.6 is 11.3 Å². The lowest BCUT2D eigenvalue weighted by Crippen LogP contribution is -2.46. The van der Waals surface area contributed by atoms with Gasteiger partial charge in [-0.05, 0) is 33.1 Å². The molecule has 1 saturated carbocycles. The van der Waals surface area contributed by atoms with E-state index in [1.807, 2.05) is 20.8 Å². The minimum absolute atomic E-state index is 0.329. The summed E-state index contributed by atoms with van der Waals surface area (Å²) in [6.07, 6.45) is 4.32. The fourth-order valence-electron chi connectivity index (χ4n) is 3.04. The van der Waals surface area contributed by atoms with Crippen LogP contribution in [0.1, 0.15) is 48.2 Å². The lowest BCUT2D eigenvalue weighted by Gasteiger charge is -2.30.